The first-order valence-corrected chi connectivity index (χ1v) is 4.83. The van der Waals surface area contributed by atoms with E-state index in [1.807, 2.05) is 0 Å². The fraction of sp³-hybridized carbons (Fsp3) is 0.300. The number of carbonyl (C=O) groups excluding carboxylic acids is 1. The first-order valence-electron chi connectivity index (χ1n) is 4.83. The Labute approximate surface area is 105 Å². The van der Waals surface area contributed by atoms with Gasteiger partial charge in [0.2, 0.25) is 0 Å². The molecule has 19 heavy (non-hydrogen) atoms. The van der Waals surface area contributed by atoms with E-state index in [0.29, 0.717) is 0 Å². The van der Waals surface area contributed by atoms with Gasteiger partial charge in [-0.1, -0.05) is 0 Å². The Balaban J connectivity index is 3.46. The quantitative estimate of drug-likeness (QED) is 0.466. The highest BCUT2D eigenvalue weighted by Crippen LogP contribution is 2.32. The number of ether oxygens (including phenoxy) is 1. The lowest BCUT2D eigenvalue weighted by Gasteiger charge is -2.07. The van der Waals surface area contributed by atoms with E-state index >= 15 is 0 Å². The van der Waals surface area contributed by atoms with Gasteiger partial charge >= 0.3 is 11.8 Å². The molecule has 0 unspecified atom stereocenters. The van der Waals surface area contributed by atoms with E-state index in [2.05, 4.69) is 9.72 Å². The van der Waals surface area contributed by atoms with Crippen molar-refractivity contribution in [2.24, 2.45) is 0 Å². The molecule has 0 aliphatic heterocycles. The van der Waals surface area contributed by atoms with Crippen molar-refractivity contribution in [1.29, 1.82) is 5.26 Å². The Morgan fingerprint density at radius 3 is 2.74 bits per heavy atom. The molecule has 1 aromatic heterocycles. The normalized spacial score (nSPS) is 10.1. The van der Waals surface area contributed by atoms with Crippen molar-refractivity contribution >= 4 is 11.8 Å². The van der Waals surface area contributed by atoms with Crippen LogP contribution in [-0.2, 0) is 16.0 Å². The second kappa shape index (κ2) is 5.81. The molecule has 0 N–H and O–H groups in total. The van der Waals surface area contributed by atoms with Crippen LogP contribution in [-0.4, -0.2) is 23.0 Å². The van der Waals surface area contributed by atoms with Crippen LogP contribution in [0.1, 0.15) is 23.1 Å². The van der Waals surface area contributed by atoms with Crippen LogP contribution in [0.25, 0.3) is 0 Å². The smallest absolute Gasteiger partial charge is 0.373 e. The number of hydrogen-bond acceptors (Lipinski definition) is 6. The minimum Gasteiger partial charge on any atom is -0.469 e. The molecule has 0 saturated carbocycles. The lowest BCUT2D eigenvalue weighted by molar-refractivity contribution is -0.391. The van der Waals surface area contributed by atoms with Crippen LogP contribution in [0, 0.1) is 21.4 Å². The molecule has 0 atom stereocenters. The van der Waals surface area contributed by atoms with Crippen molar-refractivity contribution in [3.63, 3.8) is 0 Å². The van der Waals surface area contributed by atoms with Gasteiger partial charge in [0.1, 0.15) is 17.8 Å². The average molecular weight is 271 g/mol. The number of pyridine rings is 1. The van der Waals surface area contributed by atoms with Gasteiger partial charge in [0.25, 0.3) is 6.43 Å². The van der Waals surface area contributed by atoms with Gasteiger partial charge in [-0.2, -0.15) is 5.26 Å². The second-order valence-corrected chi connectivity index (χ2v) is 3.32. The Morgan fingerprint density at radius 2 is 2.32 bits per heavy atom. The van der Waals surface area contributed by atoms with Gasteiger partial charge in [0, 0.05) is 5.56 Å². The van der Waals surface area contributed by atoms with Gasteiger partial charge in [-0.3, -0.25) is 4.79 Å². The standard InChI is InChI=1S/C10H7F2N3O4/c1-19-7(16)2-5-4-14-10(15(17)18)8(9(11)12)6(5)3-13/h4,9H,2H2,1H3. The van der Waals surface area contributed by atoms with Crippen LogP contribution in [0.5, 0.6) is 0 Å². The Morgan fingerprint density at radius 1 is 1.68 bits per heavy atom. The number of nitriles is 1. The number of alkyl halides is 2. The number of nitro groups is 1. The number of nitrogens with zero attached hydrogens (tertiary/aromatic N) is 3. The average Bonchev–Trinajstić information content (AvgIpc) is 2.37. The summed E-state index contributed by atoms with van der Waals surface area (Å²) in [6.07, 6.45) is -2.87. The van der Waals surface area contributed by atoms with Gasteiger partial charge in [-0.05, 0) is 9.91 Å². The third kappa shape index (κ3) is 2.98. The Kier molecular flexibility index (Phi) is 4.41. The summed E-state index contributed by atoms with van der Waals surface area (Å²) in [5, 5.41) is 19.4. The predicted molar refractivity (Wildman–Crippen MR) is 56.3 cm³/mol. The van der Waals surface area contributed by atoms with E-state index in [1.54, 1.807) is 0 Å². The molecule has 0 aromatic carbocycles. The summed E-state index contributed by atoms with van der Waals surface area (Å²) in [6.45, 7) is 0. The van der Waals surface area contributed by atoms with Gasteiger partial charge in [0.15, 0.2) is 0 Å². The lowest BCUT2D eigenvalue weighted by Crippen LogP contribution is -2.10. The van der Waals surface area contributed by atoms with Gasteiger partial charge < -0.3 is 14.9 Å². The molecular formula is C10H7F2N3O4. The monoisotopic (exact) mass is 271 g/mol. The molecule has 0 aliphatic carbocycles. The van der Waals surface area contributed by atoms with Gasteiger partial charge in [-0.15, -0.1) is 0 Å². The highest BCUT2D eigenvalue weighted by Gasteiger charge is 2.30. The van der Waals surface area contributed by atoms with E-state index < -0.39 is 40.7 Å². The summed E-state index contributed by atoms with van der Waals surface area (Å²) in [4.78, 5) is 23.8. The first-order chi connectivity index (χ1) is 8.92. The molecule has 9 heteroatoms. The highest BCUT2D eigenvalue weighted by molar-refractivity contribution is 5.74. The third-order valence-corrected chi connectivity index (χ3v) is 2.24. The zero-order valence-corrected chi connectivity index (χ0v) is 9.59. The molecule has 0 saturated heterocycles. The van der Waals surface area contributed by atoms with E-state index in [9.17, 15) is 23.7 Å². The van der Waals surface area contributed by atoms with E-state index in [1.165, 1.54) is 6.07 Å². The van der Waals surface area contributed by atoms with Crippen molar-refractivity contribution in [3.8, 4) is 6.07 Å². The molecule has 0 bridgehead atoms. The predicted octanol–water partition coefficient (Wildman–Crippen LogP) is 1.51. The highest BCUT2D eigenvalue weighted by atomic mass is 19.3. The molecule has 0 amide bonds. The molecule has 0 aliphatic rings. The summed E-state index contributed by atoms with van der Waals surface area (Å²) in [7, 11) is 1.08. The van der Waals surface area contributed by atoms with Crippen molar-refractivity contribution in [2.75, 3.05) is 7.11 Å². The number of hydrogen-bond donors (Lipinski definition) is 0. The molecule has 0 radical (unpaired) electrons. The van der Waals surface area contributed by atoms with Crippen LogP contribution in [0.3, 0.4) is 0 Å². The van der Waals surface area contributed by atoms with Gasteiger partial charge in [-0.25, -0.2) is 8.78 Å². The van der Waals surface area contributed by atoms with E-state index in [4.69, 9.17) is 5.26 Å². The minimum atomic E-state index is -3.25. The summed E-state index contributed by atoms with van der Waals surface area (Å²) in [5.41, 5.74) is -1.86. The molecule has 100 valence electrons. The second-order valence-electron chi connectivity index (χ2n) is 3.32. The summed E-state index contributed by atoms with van der Waals surface area (Å²) >= 11 is 0. The Hall–Kier alpha value is -2.63. The summed E-state index contributed by atoms with van der Waals surface area (Å²) in [6, 6.07) is 1.44. The van der Waals surface area contributed by atoms with E-state index in [-0.39, 0.29) is 5.56 Å². The number of rotatable bonds is 4. The number of esters is 1. The zero-order chi connectivity index (χ0) is 14.6. The van der Waals surface area contributed by atoms with Crippen LogP contribution in [0.15, 0.2) is 6.20 Å². The van der Waals surface area contributed by atoms with Crippen molar-refractivity contribution in [1.82, 2.24) is 4.98 Å². The number of methoxy groups -OCH3 is 1. The largest absolute Gasteiger partial charge is 0.469 e. The fourth-order valence-corrected chi connectivity index (χ4v) is 1.40. The van der Waals surface area contributed by atoms with Crippen LogP contribution in [0.2, 0.25) is 0 Å². The first kappa shape index (κ1) is 14.4. The number of carbonyl (C=O) groups is 1. The number of aromatic nitrogens is 1. The maximum absolute atomic E-state index is 12.8. The van der Waals surface area contributed by atoms with Gasteiger partial charge in [0.05, 0.1) is 19.1 Å². The Bertz CT molecular complexity index is 569. The molecule has 0 fully saturated rings. The van der Waals surface area contributed by atoms with Crippen LogP contribution in [0.4, 0.5) is 14.6 Å². The lowest BCUT2D eigenvalue weighted by atomic mass is 10.0. The fourth-order valence-electron chi connectivity index (χ4n) is 1.40. The maximum Gasteiger partial charge on any atom is 0.373 e. The molecule has 1 rings (SSSR count). The van der Waals surface area contributed by atoms with Crippen molar-refractivity contribution in [3.05, 3.63) is 33.0 Å². The summed E-state index contributed by atoms with van der Waals surface area (Å²) in [5.74, 6) is -1.87. The molecule has 0 spiro atoms. The maximum atomic E-state index is 12.8. The minimum absolute atomic E-state index is 0.143. The molecule has 7 nitrogen and oxygen atoms in total. The topological polar surface area (TPSA) is 106 Å². The van der Waals surface area contributed by atoms with Crippen molar-refractivity contribution in [2.45, 2.75) is 12.8 Å². The summed E-state index contributed by atoms with van der Waals surface area (Å²) < 4.78 is 30.0. The molecular weight excluding hydrogens is 264 g/mol. The SMILES string of the molecule is COC(=O)Cc1cnc([N+](=O)[O-])c(C(F)F)c1C#N. The van der Waals surface area contributed by atoms with Crippen molar-refractivity contribution < 1.29 is 23.2 Å². The van der Waals surface area contributed by atoms with Crippen LogP contribution >= 0.6 is 0 Å². The van der Waals surface area contributed by atoms with Crippen LogP contribution < -0.4 is 0 Å². The molecule has 1 heterocycles. The third-order valence-electron chi connectivity index (χ3n) is 2.24. The molecule has 1 aromatic rings. The van der Waals surface area contributed by atoms with E-state index in [0.717, 1.165) is 13.3 Å². The zero-order valence-electron chi connectivity index (χ0n) is 9.59. The number of halogens is 2.